The number of para-hydroxylation sites is 1. The molecular formula is C23H15N. The van der Waals surface area contributed by atoms with Gasteiger partial charge >= 0.3 is 0 Å². The first-order valence-electron chi connectivity index (χ1n) is 8.43. The second-order valence-corrected chi connectivity index (χ2v) is 6.64. The maximum Gasteiger partial charge on any atom is 0.0535 e. The second-order valence-electron chi connectivity index (χ2n) is 6.64. The highest BCUT2D eigenvalue weighted by atomic mass is 14.9. The summed E-state index contributed by atoms with van der Waals surface area (Å²) >= 11 is 0. The molecule has 1 nitrogen and oxygen atoms in total. The average molecular weight is 305 g/mol. The lowest BCUT2D eigenvalue weighted by atomic mass is 9.94. The van der Waals surface area contributed by atoms with Gasteiger partial charge in [0.2, 0.25) is 0 Å². The minimum absolute atomic E-state index is 1.04. The summed E-state index contributed by atoms with van der Waals surface area (Å²) in [5.74, 6) is 0. The van der Waals surface area contributed by atoms with Gasteiger partial charge in [-0.3, -0.25) is 0 Å². The lowest BCUT2D eigenvalue weighted by Crippen LogP contribution is -1.92. The van der Waals surface area contributed by atoms with Crippen LogP contribution in [0.1, 0.15) is 11.1 Å². The van der Waals surface area contributed by atoms with Crippen LogP contribution in [0.25, 0.3) is 38.3 Å². The van der Waals surface area contributed by atoms with Gasteiger partial charge in [-0.2, -0.15) is 0 Å². The molecule has 0 saturated carbocycles. The van der Waals surface area contributed by atoms with Crippen LogP contribution in [0.4, 0.5) is 0 Å². The monoisotopic (exact) mass is 305 g/mol. The van der Waals surface area contributed by atoms with E-state index in [1.54, 1.807) is 0 Å². The molecule has 1 aliphatic carbocycles. The molecule has 24 heavy (non-hydrogen) atoms. The van der Waals surface area contributed by atoms with Crippen LogP contribution in [0, 0.1) is 0 Å². The van der Waals surface area contributed by atoms with Gasteiger partial charge in [0.25, 0.3) is 0 Å². The predicted molar refractivity (Wildman–Crippen MR) is 101 cm³/mol. The number of rotatable bonds is 0. The third-order valence-electron chi connectivity index (χ3n) is 5.42. The Balaban J connectivity index is 1.95. The Kier molecular flexibility index (Phi) is 2.20. The van der Waals surface area contributed by atoms with Crippen LogP contribution in [0.2, 0.25) is 0 Å². The highest BCUT2D eigenvalue weighted by molar-refractivity contribution is 6.19. The summed E-state index contributed by atoms with van der Waals surface area (Å²) in [7, 11) is 0. The Labute approximate surface area is 139 Å². The molecule has 0 saturated heterocycles. The third-order valence-corrected chi connectivity index (χ3v) is 5.42. The van der Waals surface area contributed by atoms with Crippen molar-refractivity contribution in [3.05, 3.63) is 90.1 Å². The highest BCUT2D eigenvalue weighted by Crippen LogP contribution is 2.44. The maximum absolute atomic E-state index is 2.32. The molecule has 0 atom stereocenters. The number of nitrogens with zero attached hydrogens (tertiary/aromatic N) is 1. The topological polar surface area (TPSA) is 4.41 Å². The molecule has 3 aromatic carbocycles. The molecule has 0 radical (unpaired) electrons. The Morgan fingerprint density at radius 2 is 1.38 bits per heavy atom. The summed E-state index contributed by atoms with van der Waals surface area (Å²) < 4.78 is 2.31. The molecule has 0 aliphatic heterocycles. The van der Waals surface area contributed by atoms with E-state index >= 15 is 0 Å². The molecule has 0 bridgehead atoms. The molecule has 0 spiro atoms. The minimum atomic E-state index is 1.04. The Morgan fingerprint density at radius 1 is 0.625 bits per heavy atom. The fraction of sp³-hybridized carbons (Fsp3) is 0.0435. The van der Waals surface area contributed by atoms with Crippen molar-refractivity contribution in [2.75, 3.05) is 0 Å². The van der Waals surface area contributed by atoms with Crippen LogP contribution in [0.5, 0.6) is 0 Å². The molecule has 6 rings (SSSR count). The number of pyridine rings is 1. The largest absolute Gasteiger partial charge is 0.316 e. The van der Waals surface area contributed by atoms with Crippen molar-refractivity contribution in [2.45, 2.75) is 6.42 Å². The Morgan fingerprint density at radius 3 is 2.33 bits per heavy atom. The van der Waals surface area contributed by atoms with Crippen LogP contribution in [0.3, 0.4) is 0 Å². The number of benzene rings is 3. The van der Waals surface area contributed by atoms with Gasteiger partial charge in [0.1, 0.15) is 0 Å². The summed E-state index contributed by atoms with van der Waals surface area (Å²) in [5.41, 5.74) is 8.30. The summed E-state index contributed by atoms with van der Waals surface area (Å²) in [4.78, 5) is 0. The normalized spacial score (nSPS) is 12.8. The van der Waals surface area contributed by atoms with E-state index in [1.807, 2.05) is 0 Å². The highest BCUT2D eigenvalue weighted by Gasteiger charge is 2.22. The molecule has 2 aromatic heterocycles. The first kappa shape index (κ1) is 12.4. The summed E-state index contributed by atoms with van der Waals surface area (Å²) in [6.45, 7) is 0. The van der Waals surface area contributed by atoms with Crippen molar-refractivity contribution < 1.29 is 0 Å². The van der Waals surface area contributed by atoms with Gasteiger partial charge in [0, 0.05) is 22.4 Å². The number of hydrogen-bond donors (Lipinski definition) is 0. The van der Waals surface area contributed by atoms with Crippen molar-refractivity contribution in [3.63, 3.8) is 0 Å². The quantitative estimate of drug-likeness (QED) is 0.312. The van der Waals surface area contributed by atoms with Crippen molar-refractivity contribution in [3.8, 4) is 11.1 Å². The third kappa shape index (κ3) is 1.40. The van der Waals surface area contributed by atoms with Crippen molar-refractivity contribution >= 4 is 27.2 Å². The van der Waals surface area contributed by atoms with Crippen LogP contribution >= 0.6 is 0 Å². The number of fused-ring (bicyclic) bond motifs is 10. The van der Waals surface area contributed by atoms with E-state index in [0.29, 0.717) is 0 Å². The Bertz CT molecular complexity index is 1270. The van der Waals surface area contributed by atoms with E-state index in [-0.39, 0.29) is 0 Å². The fourth-order valence-corrected chi connectivity index (χ4v) is 4.42. The molecule has 1 aliphatic rings. The first-order chi connectivity index (χ1) is 11.9. The van der Waals surface area contributed by atoms with Crippen LogP contribution in [-0.2, 0) is 6.42 Å². The zero-order valence-corrected chi connectivity index (χ0v) is 13.2. The summed E-state index contributed by atoms with van der Waals surface area (Å²) in [6, 6.07) is 26.6. The van der Waals surface area contributed by atoms with E-state index in [1.165, 1.54) is 49.4 Å². The Hall–Kier alpha value is -3.06. The lowest BCUT2D eigenvalue weighted by molar-refractivity contribution is 1.26. The molecular weight excluding hydrogens is 290 g/mol. The number of aromatic nitrogens is 1. The lowest BCUT2D eigenvalue weighted by Gasteiger charge is -2.13. The SMILES string of the molecule is c1ccc2c(c1)Cc1ccc3c(c1-2)c1ccccc1n1cccc31. The average Bonchev–Trinajstić information content (AvgIpc) is 3.26. The molecule has 5 aromatic rings. The van der Waals surface area contributed by atoms with Gasteiger partial charge in [-0.15, -0.1) is 0 Å². The van der Waals surface area contributed by atoms with Crippen LogP contribution in [0.15, 0.2) is 79.0 Å². The minimum Gasteiger partial charge on any atom is -0.316 e. The molecule has 2 heterocycles. The van der Waals surface area contributed by atoms with Crippen molar-refractivity contribution in [1.29, 1.82) is 0 Å². The van der Waals surface area contributed by atoms with Crippen molar-refractivity contribution in [2.24, 2.45) is 0 Å². The van der Waals surface area contributed by atoms with E-state index in [9.17, 15) is 0 Å². The van der Waals surface area contributed by atoms with Crippen LogP contribution < -0.4 is 0 Å². The van der Waals surface area contributed by atoms with E-state index in [4.69, 9.17) is 0 Å². The van der Waals surface area contributed by atoms with Crippen LogP contribution in [-0.4, -0.2) is 4.40 Å². The zero-order valence-electron chi connectivity index (χ0n) is 13.2. The molecule has 112 valence electrons. The standard InChI is InChI=1S/C23H15N/c1-2-7-17-15(6-1)14-16-11-12-19-21-10-5-13-24(21)20-9-4-3-8-18(20)23(19)22(16)17/h1-13H,14H2. The van der Waals surface area contributed by atoms with Gasteiger partial charge < -0.3 is 4.40 Å². The molecule has 0 amide bonds. The van der Waals surface area contributed by atoms with E-state index in [2.05, 4.69) is 83.4 Å². The second kappa shape index (κ2) is 4.27. The van der Waals surface area contributed by atoms with Crippen molar-refractivity contribution in [1.82, 2.24) is 4.40 Å². The molecule has 0 fully saturated rings. The smallest absolute Gasteiger partial charge is 0.0535 e. The van der Waals surface area contributed by atoms with E-state index < -0.39 is 0 Å². The van der Waals surface area contributed by atoms with Gasteiger partial charge in [0.05, 0.1) is 11.0 Å². The number of hydrogen-bond acceptors (Lipinski definition) is 0. The molecule has 1 heteroatoms. The van der Waals surface area contributed by atoms with Gasteiger partial charge in [0.15, 0.2) is 0 Å². The maximum atomic E-state index is 2.32. The van der Waals surface area contributed by atoms with Gasteiger partial charge in [-0.1, -0.05) is 54.6 Å². The van der Waals surface area contributed by atoms with Gasteiger partial charge in [-0.05, 0) is 46.9 Å². The summed E-state index contributed by atoms with van der Waals surface area (Å²) in [5, 5.41) is 4.08. The summed E-state index contributed by atoms with van der Waals surface area (Å²) in [6.07, 6.45) is 3.21. The van der Waals surface area contributed by atoms with Gasteiger partial charge in [-0.25, -0.2) is 0 Å². The molecule has 0 unspecified atom stereocenters. The van der Waals surface area contributed by atoms with E-state index in [0.717, 1.165) is 6.42 Å². The molecule has 0 N–H and O–H groups in total. The predicted octanol–water partition coefficient (Wildman–Crippen LogP) is 5.82. The first-order valence-corrected chi connectivity index (χ1v) is 8.43. The zero-order chi connectivity index (χ0) is 15.7. The fourth-order valence-electron chi connectivity index (χ4n) is 4.42.